The van der Waals surface area contributed by atoms with Gasteiger partial charge in [-0.1, -0.05) is 12.1 Å². The Kier molecular flexibility index (Phi) is 2.47. The highest BCUT2D eigenvalue weighted by Crippen LogP contribution is 2.37. The lowest BCUT2D eigenvalue weighted by atomic mass is 10.3. The van der Waals surface area contributed by atoms with E-state index in [1.165, 1.54) is 4.90 Å². The van der Waals surface area contributed by atoms with Crippen LogP contribution in [0.25, 0.3) is 17.3 Å². The molecule has 0 N–H and O–H groups in total. The summed E-state index contributed by atoms with van der Waals surface area (Å²) in [5.41, 5.74) is 1.95. The molecule has 1 aromatic carbocycles. The number of benzene rings is 1. The molecule has 0 amide bonds. The maximum absolute atomic E-state index is 5.70. The van der Waals surface area contributed by atoms with Crippen molar-refractivity contribution in [2.45, 2.75) is 24.5 Å². The Bertz CT molecular complexity index is 805. The molecule has 0 atom stereocenters. The minimum atomic E-state index is 0.647. The Morgan fingerprint density at radius 1 is 1.20 bits per heavy atom. The number of fused-ring (bicyclic) bond motifs is 3. The van der Waals surface area contributed by atoms with Gasteiger partial charge in [0.2, 0.25) is 5.82 Å². The largest absolute Gasteiger partial charge is 0.437 e. The van der Waals surface area contributed by atoms with Gasteiger partial charge in [-0.25, -0.2) is 4.98 Å². The van der Waals surface area contributed by atoms with E-state index in [1.807, 2.05) is 26.0 Å². The fourth-order valence-corrected chi connectivity index (χ4v) is 3.41. The van der Waals surface area contributed by atoms with Gasteiger partial charge in [0.25, 0.3) is 0 Å². The number of oxazole rings is 1. The predicted octanol–water partition coefficient (Wildman–Crippen LogP) is 3.14. The average Bonchev–Trinajstić information content (AvgIpc) is 3.01. The van der Waals surface area contributed by atoms with E-state index in [0.717, 1.165) is 28.8 Å². The molecule has 0 saturated heterocycles. The molecule has 1 aliphatic rings. The maximum Gasteiger partial charge on any atom is 0.206 e. The smallest absolute Gasteiger partial charge is 0.206 e. The third-order valence-corrected chi connectivity index (χ3v) is 4.36. The quantitative estimate of drug-likeness (QED) is 0.687. The Hall–Kier alpha value is -2.08. The van der Waals surface area contributed by atoms with Crippen molar-refractivity contribution in [1.29, 1.82) is 0 Å². The Morgan fingerprint density at radius 2 is 2.05 bits per heavy atom. The Labute approximate surface area is 120 Å². The highest BCUT2D eigenvalue weighted by atomic mass is 32.2. The molecular formula is C14H12N4OS. The molecule has 3 aromatic rings. The molecule has 100 valence electrons. The van der Waals surface area contributed by atoms with Crippen LogP contribution in [-0.2, 0) is 5.75 Å². The van der Waals surface area contributed by atoms with Crippen LogP contribution >= 0.6 is 11.8 Å². The van der Waals surface area contributed by atoms with Crippen LogP contribution in [0.2, 0.25) is 0 Å². The molecule has 3 heterocycles. The molecule has 6 heteroatoms. The summed E-state index contributed by atoms with van der Waals surface area (Å²) in [5, 5.41) is 8.59. The van der Waals surface area contributed by atoms with Gasteiger partial charge in [-0.05, 0) is 19.1 Å². The van der Waals surface area contributed by atoms with Crippen molar-refractivity contribution in [3.63, 3.8) is 0 Å². The normalized spacial score (nSPS) is 13.1. The van der Waals surface area contributed by atoms with Gasteiger partial charge in [-0.15, -0.1) is 22.0 Å². The molecule has 2 aromatic heterocycles. The van der Waals surface area contributed by atoms with Crippen LogP contribution in [0, 0.1) is 13.8 Å². The summed E-state index contributed by atoms with van der Waals surface area (Å²) in [7, 11) is 0. The second-order valence-electron chi connectivity index (χ2n) is 4.68. The first-order valence-corrected chi connectivity index (χ1v) is 7.33. The van der Waals surface area contributed by atoms with Gasteiger partial charge in [0.1, 0.15) is 5.82 Å². The SMILES string of the molecule is Cc1nc(C)c(-c2nnc3n2-c2ccccc2SC3)o1. The van der Waals surface area contributed by atoms with Gasteiger partial charge in [-0.3, -0.25) is 4.57 Å². The maximum atomic E-state index is 5.70. The lowest BCUT2D eigenvalue weighted by Gasteiger charge is -2.18. The number of aryl methyl sites for hydroxylation is 2. The highest BCUT2D eigenvalue weighted by Gasteiger charge is 2.25. The van der Waals surface area contributed by atoms with Gasteiger partial charge >= 0.3 is 0 Å². The van der Waals surface area contributed by atoms with Gasteiger partial charge in [0.05, 0.1) is 17.1 Å². The van der Waals surface area contributed by atoms with Crippen molar-refractivity contribution in [3.8, 4) is 17.3 Å². The molecule has 0 aliphatic carbocycles. The minimum absolute atomic E-state index is 0.647. The molecule has 1 aliphatic heterocycles. The van der Waals surface area contributed by atoms with Crippen LogP contribution in [0.3, 0.4) is 0 Å². The number of rotatable bonds is 1. The van der Waals surface area contributed by atoms with Crippen molar-refractivity contribution < 1.29 is 4.42 Å². The monoisotopic (exact) mass is 284 g/mol. The first-order valence-electron chi connectivity index (χ1n) is 6.35. The van der Waals surface area contributed by atoms with Crippen molar-refractivity contribution in [2.24, 2.45) is 0 Å². The van der Waals surface area contributed by atoms with E-state index in [-0.39, 0.29) is 0 Å². The zero-order valence-corrected chi connectivity index (χ0v) is 11.9. The van der Waals surface area contributed by atoms with Crippen LogP contribution in [0.5, 0.6) is 0 Å². The fourth-order valence-electron chi connectivity index (χ4n) is 2.46. The molecule has 0 fully saturated rings. The van der Waals surface area contributed by atoms with Crippen LogP contribution in [0.4, 0.5) is 0 Å². The summed E-state index contributed by atoms with van der Waals surface area (Å²) in [6.07, 6.45) is 0. The molecule has 0 bridgehead atoms. The van der Waals surface area contributed by atoms with Gasteiger partial charge in [0.15, 0.2) is 11.7 Å². The topological polar surface area (TPSA) is 56.7 Å². The van der Waals surface area contributed by atoms with E-state index in [0.29, 0.717) is 11.7 Å². The van der Waals surface area contributed by atoms with Crippen molar-refractivity contribution in [3.05, 3.63) is 41.7 Å². The third-order valence-electron chi connectivity index (χ3n) is 3.30. The third kappa shape index (κ3) is 1.61. The summed E-state index contributed by atoms with van der Waals surface area (Å²) in [6.45, 7) is 3.77. The van der Waals surface area contributed by atoms with Crippen LogP contribution in [0.1, 0.15) is 17.4 Å². The van der Waals surface area contributed by atoms with E-state index in [4.69, 9.17) is 4.42 Å². The summed E-state index contributed by atoms with van der Waals surface area (Å²) in [6, 6.07) is 8.27. The van der Waals surface area contributed by atoms with E-state index in [2.05, 4.69) is 31.9 Å². The van der Waals surface area contributed by atoms with Gasteiger partial charge < -0.3 is 4.42 Å². The van der Waals surface area contributed by atoms with E-state index in [1.54, 1.807) is 11.8 Å². The van der Waals surface area contributed by atoms with Crippen molar-refractivity contribution >= 4 is 11.8 Å². The second-order valence-corrected chi connectivity index (χ2v) is 5.70. The van der Waals surface area contributed by atoms with E-state index >= 15 is 0 Å². The first-order chi connectivity index (χ1) is 9.74. The minimum Gasteiger partial charge on any atom is -0.437 e. The average molecular weight is 284 g/mol. The Morgan fingerprint density at radius 3 is 2.85 bits per heavy atom. The van der Waals surface area contributed by atoms with Crippen LogP contribution < -0.4 is 0 Å². The number of hydrogen-bond acceptors (Lipinski definition) is 5. The predicted molar refractivity (Wildman–Crippen MR) is 75.9 cm³/mol. The summed E-state index contributed by atoms with van der Waals surface area (Å²) in [5.74, 6) is 3.83. The second kappa shape index (κ2) is 4.21. The lowest BCUT2D eigenvalue weighted by molar-refractivity contribution is 0.529. The summed E-state index contributed by atoms with van der Waals surface area (Å²) >= 11 is 1.78. The van der Waals surface area contributed by atoms with Crippen molar-refractivity contribution in [2.75, 3.05) is 0 Å². The van der Waals surface area contributed by atoms with Gasteiger partial charge in [0, 0.05) is 11.8 Å². The van der Waals surface area contributed by atoms with Crippen molar-refractivity contribution in [1.82, 2.24) is 19.7 Å². The molecule has 0 spiro atoms. The zero-order chi connectivity index (χ0) is 13.7. The number of para-hydroxylation sites is 1. The fraction of sp³-hybridized carbons (Fsp3) is 0.214. The van der Waals surface area contributed by atoms with E-state index < -0.39 is 0 Å². The van der Waals surface area contributed by atoms with Crippen LogP contribution in [0.15, 0.2) is 33.6 Å². The number of hydrogen-bond donors (Lipinski definition) is 0. The molecule has 0 radical (unpaired) electrons. The van der Waals surface area contributed by atoms with E-state index in [9.17, 15) is 0 Å². The number of nitrogens with zero attached hydrogens (tertiary/aromatic N) is 4. The molecular weight excluding hydrogens is 272 g/mol. The van der Waals surface area contributed by atoms with Crippen LogP contribution in [-0.4, -0.2) is 19.7 Å². The Balaban J connectivity index is 1.98. The lowest BCUT2D eigenvalue weighted by Crippen LogP contribution is -2.07. The molecule has 4 rings (SSSR count). The van der Waals surface area contributed by atoms with Gasteiger partial charge in [-0.2, -0.15) is 0 Å². The zero-order valence-electron chi connectivity index (χ0n) is 11.1. The highest BCUT2D eigenvalue weighted by molar-refractivity contribution is 7.98. The standard InChI is InChI=1S/C14H12N4OS/c1-8-13(19-9(2)15-8)14-17-16-12-7-20-11-6-4-3-5-10(11)18(12)14/h3-6H,7H2,1-2H3. The molecule has 0 unspecified atom stereocenters. The molecule has 0 saturated carbocycles. The summed E-state index contributed by atoms with van der Waals surface area (Å²) in [4.78, 5) is 5.55. The first kappa shape index (κ1) is 11.7. The molecule has 5 nitrogen and oxygen atoms in total. The number of thioether (sulfide) groups is 1. The number of aromatic nitrogens is 4. The molecule has 20 heavy (non-hydrogen) atoms. The summed E-state index contributed by atoms with van der Waals surface area (Å²) < 4.78 is 7.77.